The Bertz CT molecular complexity index is 969. The maximum Gasteiger partial charge on any atom is 0.318 e. The molecule has 1 fully saturated rings. The molecular formula is C22H24ClFN4O2. The zero-order chi connectivity index (χ0) is 20.9. The molecule has 30 heavy (non-hydrogen) atoms. The van der Waals surface area contributed by atoms with Gasteiger partial charge in [-0.1, -0.05) is 41.3 Å². The quantitative estimate of drug-likeness (QED) is 0.647. The van der Waals surface area contributed by atoms with E-state index in [9.17, 15) is 9.50 Å². The summed E-state index contributed by atoms with van der Waals surface area (Å²) >= 11 is 5.83. The second-order valence-corrected chi connectivity index (χ2v) is 7.77. The van der Waals surface area contributed by atoms with Crippen LogP contribution in [0.1, 0.15) is 25.7 Å². The molecule has 1 saturated heterocycles. The molecule has 1 aliphatic rings. The van der Waals surface area contributed by atoms with E-state index in [1.807, 2.05) is 35.2 Å². The van der Waals surface area contributed by atoms with Gasteiger partial charge < -0.3 is 19.3 Å². The van der Waals surface area contributed by atoms with Crippen molar-refractivity contribution in [3.05, 3.63) is 59.4 Å². The molecule has 0 aliphatic carbocycles. The van der Waals surface area contributed by atoms with Crippen LogP contribution in [0.5, 0.6) is 0 Å². The molecule has 0 bridgehead atoms. The van der Waals surface area contributed by atoms with Crippen LogP contribution in [0, 0.1) is 5.82 Å². The number of hydrogen-bond acceptors (Lipinski definition) is 6. The number of aromatic nitrogens is 2. The molecule has 1 aromatic heterocycles. The maximum atomic E-state index is 14.0. The Morgan fingerprint density at radius 3 is 2.63 bits per heavy atom. The van der Waals surface area contributed by atoms with Crippen LogP contribution in [0.2, 0.25) is 5.02 Å². The van der Waals surface area contributed by atoms with Crippen LogP contribution >= 0.6 is 11.6 Å². The molecule has 2 heterocycles. The molecule has 0 radical (unpaired) electrons. The summed E-state index contributed by atoms with van der Waals surface area (Å²) in [6, 6.07) is 14.7. The second kappa shape index (κ2) is 9.45. The van der Waals surface area contributed by atoms with Crippen LogP contribution in [0.4, 0.5) is 16.1 Å². The van der Waals surface area contributed by atoms with Crippen molar-refractivity contribution in [1.82, 2.24) is 10.2 Å². The third kappa shape index (κ3) is 4.74. The zero-order valence-electron chi connectivity index (χ0n) is 16.5. The van der Waals surface area contributed by atoms with Gasteiger partial charge in [0.2, 0.25) is 5.89 Å². The Hall–Kier alpha value is -2.64. The summed E-state index contributed by atoms with van der Waals surface area (Å²) in [4.78, 5) is 3.82. The summed E-state index contributed by atoms with van der Waals surface area (Å²) in [5.74, 6) is -0.0286. The monoisotopic (exact) mass is 430 g/mol. The van der Waals surface area contributed by atoms with Gasteiger partial charge in [0.25, 0.3) is 0 Å². The lowest BCUT2D eigenvalue weighted by atomic mass is 10.1. The smallest absolute Gasteiger partial charge is 0.318 e. The van der Waals surface area contributed by atoms with Gasteiger partial charge in [0.15, 0.2) is 0 Å². The average Bonchev–Trinajstić information content (AvgIpc) is 3.25. The third-order valence-corrected chi connectivity index (χ3v) is 5.61. The molecule has 0 spiro atoms. The van der Waals surface area contributed by atoms with Gasteiger partial charge >= 0.3 is 6.01 Å². The third-order valence-electron chi connectivity index (χ3n) is 5.30. The highest BCUT2D eigenvalue weighted by molar-refractivity contribution is 6.30. The Balaban J connectivity index is 1.55. The lowest BCUT2D eigenvalue weighted by molar-refractivity contribution is 0.154. The lowest BCUT2D eigenvalue weighted by Crippen LogP contribution is -2.42. The molecule has 0 amide bonds. The molecule has 1 atom stereocenters. The molecule has 2 aromatic carbocycles. The van der Waals surface area contributed by atoms with E-state index in [1.54, 1.807) is 11.0 Å². The van der Waals surface area contributed by atoms with Crippen LogP contribution < -0.4 is 9.80 Å². The maximum absolute atomic E-state index is 14.0. The molecule has 1 unspecified atom stereocenters. The van der Waals surface area contributed by atoms with Crippen LogP contribution in [-0.4, -0.2) is 41.2 Å². The Labute approximate surface area is 179 Å². The van der Waals surface area contributed by atoms with Crippen molar-refractivity contribution >= 4 is 23.3 Å². The van der Waals surface area contributed by atoms with Crippen molar-refractivity contribution < 1.29 is 13.9 Å². The van der Waals surface area contributed by atoms with E-state index in [0.29, 0.717) is 37.1 Å². The first-order chi connectivity index (χ1) is 14.6. The first-order valence-electron chi connectivity index (χ1n) is 10.2. The molecular weight excluding hydrogens is 407 g/mol. The Kier molecular flexibility index (Phi) is 6.50. The van der Waals surface area contributed by atoms with Crippen LogP contribution in [0.3, 0.4) is 0 Å². The van der Waals surface area contributed by atoms with Crippen LogP contribution in [0.15, 0.2) is 52.9 Å². The van der Waals surface area contributed by atoms with Crippen molar-refractivity contribution in [2.24, 2.45) is 0 Å². The summed E-state index contributed by atoms with van der Waals surface area (Å²) in [5.41, 5.74) is 1.46. The minimum Gasteiger partial charge on any atom is -0.403 e. The summed E-state index contributed by atoms with van der Waals surface area (Å²) in [6.07, 6.45) is 2.73. The number of anilines is 2. The Morgan fingerprint density at radius 1 is 1.00 bits per heavy atom. The van der Waals surface area contributed by atoms with E-state index in [4.69, 9.17) is 16.0 Å². The van der Waals surface area contributed by atoms with Crippen LogP contribution in [0.25, 0.3) is 11.5 Å². The standard InChI is InChI=1S/C22H24ClFN4O2/c23-18-11-10-17(15-19(18)24)28-14-13-27(12-6-2-5-9-20(28)29)22-26-25-21(30-22)16-7-3-1-4-8-16/h1,3-4,7-8,10-11,15,20,29H,2,5-6,9,12-14H2. The fraction of sp³-hybridized carbons (Fsp3) is 0.364. The van der Waals surface area contributed by atoms with Gasteiger partial charge in [-0.2, -0.15) is 0 Å². The van der Waals surface area contributed by atoms with Gasteiger partial charge in [-0.05, 0) is 49.6 Å². The van der Waals surface area contributed by atoms with E-state index >= 15 is 0 Å². The molecule has 6 nitrogen and oxygen atoms in total. The van der Waals surface area contributed by atoms with Crippen molar-refractivity contribution in [1.29, 1.82) is 0 Å². The molecule has 1 N–H and O–H groups in total. The highest BCUT2D eigenvalue weighted by Gasteiger charge is 2.22. The van der Waals surface area contributed by atoms with E-state index in [2.05, 4.69) is 10.2 Å². The van der Waals surface area contributed by atoms with E-state index in [-0.39, 0.29) is 5.02 Å². The summed E-state index contributed by atoms with van der Waals surface area (Å²) < 4.78 is 19.9. The normalized spacial score (nSPS) is 18.4. The fourth-order valence-electron chi connectivity index (χ4n) is 3.65. The van der Waals surface area contributed by atoms with Crippen molar-refractivity contribution in [3.8, 4) is 11.5 Å². The zero-order valence-corrected chi connectivity index (χ0v) is 17.3. The molecule has 8 heteroatoms. The predicted molar refractivity (Wildman–Crippen MR) is 115 cm³/mol. The summed E-state index contributed by atoms with van der Waals surface area (Å²) in [6.45, 7) is 1.80. The van der Waals surface area contributed by atoms with E-state index in [0.717, 1.165) is 31.4 Å². The SMILES string of the molecule is OC1CCCCCN(c2nnc(-c3ccccc3)o2)CCN1c1ccc(Cl)c(F)c1. The number of rotatable bonds is 3. The van der Waals surface area contributed by atoms with Crippen molar-refractivity contribution in [2.75, 3.05) is 29.4 Å². The summed E-state index contributed by atoms with van der Waals surface area (Å²) in [5, 5.41) is 19.2. The number of aliphatic hydroxyl groups is 1. The minimum atomic E-state index is -0.701. The fourth-order valence-corrected chi connectivity index (χ4v) is 3.77. The van der Waals surface area contributed by atoms with Crippen molar-refractivity contribution in [3.63, 3.8) is 0 Å². The average molecular weight is 431 g/mol. The Morgan fingerprint density at radius 2 is 1.83 bits per heavy atom. The number of nitrogens with zero attached hydrogens (tertiary/aromatic N) is 4. The largest absolute Gasteiger partial charge is 0.403 e. The molecule has 158 valence electrons. The topological polar surface area (TPSA) is 65.6 Å². The molecule has 3 aromatic rings. The van der Waals surface area contributed by atoms with Gasteiger partial charge in [-0.3, -0.25) is 0 Å². The van der Waals surface area contributed by atoms with Crippen LogP contribution in [-0.2, 0) is 0 Å². The highest BCUT2D eigenvalue weighted by atomic mass is 35.5. The molecule has 4 rings (SSSR count). The minimum absolute atomic E-state index is 0.0650. The van der Waals surface area contributed by atoms with Gasteiger partial charge in [0, 0.05) is 30.9 Å². The van der Waals surface area contributed by atoms with Gasteiger partial charge in [-0.15, -0.1) is 5.10 Å². The van der Waals surface area contributed by atoms with Crippen molar-refractivity contribution in [2.45, 2.75) is 31.9 Å². The number of aliphatic hydroxyl groups excluding tert-OH is 1. The van der Waals surface area contributed by atoms with Gasteiger partial charge in [0.05, 0.1) is 5.02 Å². The van der Waals surface area contributed by atoms with Gasteiger partial charge in [0.1, 0.15) is 12.0 Å². The first kappa shape index (κ1) is 20.6. The number of hydrogen-bond donors (Lipinski definition) is 1. The predicted octanol–water partition coefficient (Wildman–Crippen LogP) is 4.73. The number of halogens is 2. The second-order valence-electron chi connectivity index (χ2n) is 7.36. The molecule has 0 saturated carbocycles. The van der Waals surface area contributed by atoms with E-state index in [1.165, 1.54) is 12.1 Å². The van der Waals surface area contributed by atoms with Gasteiger partial charge in [-0.25, -0.2) is 4.39 Å². The highest BCUT2D eigenvalue weighted by Crippen LogP contribution is 2.26. The lowest BCUT2D eigenvalue weighted by Gasteiger charge is -2.33. The molecule has 1 aliphatic heterocycles. The summed E-state index contributed by atoms with van der Waals surface area (Å²) in [7, 11) is 0. The first-order valence-corrected chi connectivity index (χ1v) is 10.5. The van der Waals surface area contributed by atoms with E-state index < -0.39 is 12.0 Å². The number of benzene rings is 2.